The van der Waals surface area contributed by atoms with E-state index in [4.69, 9.17) is 23.2 Å². The zero-order valence-electron chi connectivity index (χ0n) is 8.77. The summed E-state index contributed by atoms with van der Waals surface area (Å²) in [6, 6.07) is 13.3. The van der Waals surface area contributed by atoms with Crippen LogP contribution in [0.25, 0.3) is 16.8 Å². The van der Waals surface area contributed by atoms with E-state index < -0.39 is 0 Å². The van der Waals surface area contributed by atoms with E-state index in [0.29, 0.717) is 5.02 Å². The minimum Gasteiger partial charge on any atom is -0.239 e. The number of benzene rings is 1. The molecule has 0 saturated heterocycles. The van der Waals surface area contributed by atoms with Crippen molar-refractivity contribution in [2.24, 2.45) is 0 Å². The highest BCUT2D eigenvalue weighted by atomic mass is 35.5. The second-order valence-corrected chi connectivity index (χ2v) is 4.57. The van der Waals surface area contributed by atoms with Gasteiger partial charge in [0.15, 0.2) is 0 Å². The summed E-state index contributed by atoms with van der Waals surface area (Å²) in [5.74, 6) is 0. The van der Waals surface area contributed by atoms with Crippen molar-refractivity contribution in [3.63, 3.8) is 0 Å². The molecule has 1 aromatic carbocycles. The summed E-state index contributed by atoms with van der Waals surface area (Å²) in [6.45, 7) is 0. The summed E-state index contributed by atoms with van der Waals surface area (Å²) in [7, 11) is 0. The molecule has 0 atom stereocenters. The Balaban J connectivity index is 2.18. The van der Waals surface area contributed by atoms with Gasteiger partial charge in [0.25, 0.3) is 0 Å². The van der Waals surface area contributed by atoms with Gasteiger partial charge in [0.1, 0.15) is 0 Å². The molecule has 0 aliphatic carbocycles. The molecule has 4 heteroatoms. The molecule has 0 saturated carbocycles. The number of hydrogen-bond acceptors (Lipinski definition) is 1. The summed E-state index contributed by atoms with van der Waals surface area (Å²) >= 11 is 12.0. The summed E-state index contributed by atoms with van der Waals surface area (Å²) < 4.78 is 1.77. The lowest BCUT2D eigenvalue weighted by Crippen LogP contribution is -1.85. The Morgan fingerprint density at radius 1 is 1.00 bits per heavy atom. The predicted octanol–water partition coefficient (Wildman–Crippen LogP) is 4.31. The van der Waals surface area contributed by atoms with Crippen LogP contribution >= 0.6 is 23.2 Å². The average Bonchev–Trinajstić information content (AvgIpc) is 2.75. The topological polar surface area (TPSA) is 17.3 Å². The molecule has 3 aromatic rings. The normalized spacial score (nSPS) is 10.9. The maximum atomic E-state index is 6.10. The lowest BCUT2D eigenvalue weighted by Gasteiger charge is -1.95. The zero-order valence-corrected chi connectivity index (χ0v) is 10.3. The van der Waals surface area contributed by atoms with E-state index in [1.54, 1.807) is 4.52 Å². The van der Waals surface area contributed by atoms with Crippen molar-refractivity contribution < 1.29 is 0 Å². The molecule has 2 heterocycles. The van der Waals surface area contributed by atoms with Crippen molar-refractivity contribution in [2.75, 3.05) is 0 Å². The van der Waals surface area contributed by atoms with Crippen molar-refractivity contribution in [2.45, 2.75) is 0 Å². The highest BCUT2D eigenvalue weighted by Crippen LogP contribution is 2.24. The van der Waals surface area contributed by atoms with E-state index in [0.717, 1.165) is 21.8 Å². The Kier molecular flexibility index (Phi) is 2.54. The Morgan fingerprint density at radius 3 is 2.47 bits per heavy atom. The molecule has 84 valence electrons. The van der Waals surface area contributed by atoms with E-state index in [-0.39, 0.29) is 0 Å². The molecule has 0 fully saturated rings. The molecular formula is C13H8Cl2N2. The first-order valence-electron chi connectivity index (χ1n) is 5.14. The first-order chi connectivity index (χ1) is 8.24. The van der Waals surface area contributed by atoms with Crippen molar-refractivity contribution in [3.8, 4) is 11.3 Å². The Morgan fingerprint density at radius 2 is 1.76 bits per heavy atom. The summed E-state index contributed by atoms with van der Waals surface area (Å²) in [5, 5.41) is 5.88. The van der Waals surface area contributed by atoms with Crippen LogP contribution < -0.4 is 0 Å². The highest BCUT2D eigenvalue weighted by molar-refractivity contribution is 6.33. The Labute approximate surface area is 108 Å². The SMILES string of the molecule is Clc1ccc(-c2cc3c(Cl)cccn3n2)cc1. The first-order valence-corrected chi connectivity index (χ1v) is 5.89. The number of pyridine rings is 1. The zero-order chi connectivity index (χ0) is 11.8. The number of fused-ring (bicyclic) bond motifs is 1. The second-order valence-electron chi connectivity index (χ2n) is 3.72. The van der Waals surface area contributed by atoms with Crippen LogP contribution in [0.3, 0.4) is 0 Å². The van der Waals surface area contributed by atoms with Gasteiger partial charge in [-0.1, -0.05) is 35.3 Å². The predicted molar refractivity (Wildman–Crippen MR) is 70.6 cm³/mol. The van der Waals surface area contributed by atoms with Gasteiger partial charge in [-0.15, -0.1) is 0 Å². The van der Waals surface area contributed by atoms with Crippen LogP contribution in [0.4, 0.5) is 0 Å². The molecule has 0 unspecified atom stereocenters. The fraction of sp³-hybridized carbons (Fsp3) is 0. The van der Waals surface area contributed by atoms with Gasteiger partial charge >= 0.3 is 0 Å². The largest absolute Gasteiger partial charge is 0.239 e. The molecule has 3 rings (SSSR count). The quantitative estimate of drug-likeness (QED) is 0.639. The third kappa shape index (κ3) is 1.90. The van der Waals surface area contributed by atoms with E-state index in [9.17, 15) is 0 Å². The maximum Gasteiger partial charge on any atom is 0.0934 e. The van der Waals surface area contributed by atoms with Crippen LogP contribution in [0, 0.1) is 0 Å². The molecule has 0 aliphatic rings. The van der Waals surface area contributed by atoms with Crippen molar-refractivity contribution in [1.29, 1.82) is 0 Å². The molecule has 0 spiro atoms. The van der Waals surface area contributed by atoms with Gasteiger partial charge in [0.2, 0.25) is 0 Å². The molecule has 2 nitrogen and oxygen atoms in total. The van der Waals surface area contributed by atoms with Crippen molar-refractivity contribution in [3.05, 3.63) is 58.7 Å². The Hall–Kier alpha value is -1.51. The third-order valence-electron chi connectivity index (χ3n) is 2.59. The van der Waals surface area contributed by atoms with E-state index >= 15 is 0 Å². The van der Waals surface area contributed by atoms with Gasteiger partial charge in [0, 0.05) is 16.8 Å². The molecule has 0 bridgehead atoms. The fourth-order valence-electron chi connectivity index (χ4n) is 1.74. The molecule has 0 N–H and O–H groups in total. The third-order valence-corrected chi connectivity index (χ3v) is 3.16. The van der Waals surface area contributed by atoms with E-state index in [1.807, 2.05) is 48.7 Å². The van der Waals surface area contributed by atoms with Crippen LogP contribution in [-0.4, -0.2) is 9.61 Å². The van der Waals surface area contributed by atoms with Gasteiger partial charge in [-0.05, 0) is 30.3 Å². The van der Waals surface area contributed by atoms with Gasteiger partial charge in [-0.2, -0.15) is 5.10 Å². The number of hydrogen-bond donors (Lipinski definition) is 0. The van der Waals surface area contributed by atoms with E-state index in [1.165, 1.54) is 0 Å². The van der Waals surface area contributed by atoms with Crippen molar-refractivity contribution >= 4 is 28.7 Å². The Bertz CT molecular complexity index is 671. The van der Waals surface area contributed by atoms with Gasteiger partial charge in [0.05, 0.1) is 16.2 Å². The van der Waals surface area contributed by atoms with Crippen LogP contribution in [0.5, 0.6) is 0 Å². The monoisotopic (exact) mass is 262 g/mol. The number of aromatic nitrogens is 2. The second kappa shape index (κ2) is 4.06. The number of nitrogens with zero attached hydrogens (tertiary/aromatic N) is 2. The number of rotatable bonds is 1. The highest BCUT2D eigenvalue weighted by Gasteiger charge is 2.06. The lowest BCUT2D eigenvalue weighted by atomic mass is 10.1. The molecule has 2 aromatic heterocycles. The van der Waals surface area contributed by atoms with Gasteiger partial charge in [-0.25, -0.2) is 4.52 Å². The minimum atomic E-state index is 0.695. The summed E-state index contributed by atoms with van der Waals surface area (Å²) in [4.78, 5) is 0. The average molecular weight is 263 g/mol. The summed E-state index contributed by atoms with van der Waals surface area (Å²) in [5.41, 5.74) is 2.81. The molecule has 17 heavy (non-hydrogen) atoms. The van der Waals surface area contributed by atoms with Crippen molar-refractivity contribution in [1.82, 2.24) is 9.61 Å². The van der Waals surface area contributed by atoms with Gasteiger partial charge < -0.3 is 0 Å². The maximum absolute atomic E-state index is 6.10. The standard InChI is InChI=1S/C13H8Cl2N2/c14-10-5-3-9(4-6-10)12-8-13-11(15)2-1-7-17(13)16-12/h1-8H. The minimum absolute atomic E-state index is 0.695. The van der Waals surface area contributed by atoms with Gasteiger partial charge in [-0.3, -0.25) is 0 Å². The van der Waals surface area contributed by atoms with E-state index in [2.05, 4.69) is 5.10 Å². The molecular weight excluding hydrogens is 255 g/mol. The summed E-state index contributed by atoms with van der Waals surface area (Å²) in [6.07, 6.45) is 1.88. The van der Waals surface area contributed by atoms with Crippen LogP contribution in [0.1, 0.15) is 0 Å². The molecule has 0 radical (unpaired) electrons. The lowest BCUT2D eigenvalue weighted by molar-refractivity contribution is 0.966. The number of halogens is 2. The fourth-order valence-corrected chi connectivity index (χ4v) is 2.08. The van der Waals surface area contributed by atoms with Crippen LogP contribution in [0.2, 0.25) is 10.0 Å². The first kappa shape index (κ1) is 10.6. The van der Waals surface area contributed by atoms with Crippen LogP contribution in [-0.2, 0) is 0 Å². The smallest absolute Gasteiger partial charge is 0.0934 e. The molecule has 0 aliphatic heterocycles. The van der Waals surface area contributed by atoms with Crippen LogP contribution in [0.15, 0.2) is 48.7 Å². The molecule has 0 amide bonds.